The number of hydrogen-bond donors (Lipinski definition) is 2. The Balaban J connectivity index is 1.76. The lowest BCUT2D eigenvalue weighted by Crippen LogP contribution is -2.44. The van der Waals surface area contributed by atoms with E-state index in [0.717, 1.165) is 38.0 Å². The predicted octanol–water partition coefficient (Wildman–Crippen LogP) is 1.74. The van der Waals surface area contributed by atoms with E-state index in [0.29, 0.717) is 6.04 Å². The van der Waals surface area contributed by atoms with Crippen LogP contribution in [0.3, 0.4) is 0 Å². The van der Waals surface area contributed by atoms with E-state index in [9.17, 15) is 4.79 Å². The second-order valence-corrected chi connectivity index (χ2v) is 5.38. The van der Waals surface area contributed by atoms with Crippen LogP contribution >= 0.6 is 0 Å². The molecular formula is C14H21N3O. The molecule has 0 saturated carbocycles. The lowest BCUT2D eigenvalue weighted by Gasteiger charge is -2.34. The van der Waals surface area contributed by atoms with Crippen molar-refractivity contribution < 1.29 is 0 Å². The highest BCUT2D eigenvalue weighted by Crippen LogP contribution is 2.28. The van der Waals surface area contributed by atoms with E-state index in [1.54, 1.807) is 6.07 Å². The molecule has 4 nitrogen and oxygen atoms in total. The Morgan fingerprint density at radius 3 is 2.83 bits per heavy atom. The summed E-state index contributed by atoms with van der Waals surface area (Å²) in [6.45, 7) is 2.30. The molecule has 1 aliphatic carbocycles. The van der Waals surface area contributed by atoms with Crippen molar-refractivity contribution in [2.45, 2.75) is 44.6 Å². The van der Waals surface area contributed by atoms with Crippen molar-refractivity contribution >= 4 is 0 Å². The highest BCUT2D eigenvalue weighted by atomic mass is 16.1. The highest BCUT2D eigenvalue weighted by molar-refractivity contribution is 5.26. The number of aromatic nitrogens is 1. The third-order valence-electron chi connectivity index (χ3n) is 4.03. The maximum Gasteiger partial charge on any atom is 0.248 e. The zero-order valence-electron chi connectivity index (χ0n) is 10.7. The Morgan fingerprint density at radius 2 is 2.00 bits per heavy atom. The summed E-state index contributed by atoms with van der Waals surface area (Å²) < 4.78 is 0. The normalized spacial score (nSPS) is 24.8. The monoisotopic (exact) mass is 247 g/mol. The molecule has 0 aromatic carbocycles. The van der Waals surface area contributed by atoms with Crippen molar-refractivity contribution in [3.05, 3.63) is 33.7 Å². The molecule has 2 heterocycles. The fraction of sp³-hybridized carbons (Fsp3) is 0.643. The molecule has 1 fully saturated rings. The van der Waals surface area contributed by atoms with Crippen LogP contribution in [-0.2, 0) is 6.42 Å². The number of H-pyrrole nitrogens is 1. The fourth-order valence-corrected chi connectivity index (χ4v) is 3.08. The van der Waals surface area contributed by atoms with Gasteiger partial charge in [0.1, 0.15) is 0 Å². The quantitative estimate of drug-likeness (QED) is 0.837. The highest BCUT2D eigenvalue weighted by Gasteiger charge is 2.23. The minimum atomic E-state index is 0.0207. The summed E-state index contributed by atoms with van der Waals surface area (Å²) in [7, 11) is 0. The van der Waals surface area contributed by atoms with Crippen molar-refractivity contribution in [1.29, 1.82) is 0 Å². The summed E-state index contributed by atoms with van der Waals surface area (Å²) in [4.78, 5) is 14.3. The van der Waals surface area contributed by atoms with E-state index >= 15 is 0 Å². The molecule has 3 rings (SSSR count). The number of rotatable bonds is 2. The fourth-order valence-electron chi connectivity index (χ4n) is 3.08. The van der Waals surface area contributed by atoms with Gasteiger partial charge in [-0.1, -0.05) is 12.5 Å². The molecule has 18 heavy (non-hydrogen) atoms. The average molecular weight is 247 g/mol. The van der Waals surface area contributed by atoms with E-state index in [1.165, 1.54) is 24.8 Å². The molecule has 98 valence electrons. The van der Waals surface area contributed by atoms with Gasteiger partial charge in [0, 0.05) is 30.9 Å². The number of nitrogens with one attached hydrogen (secondary N) is 2. The molecule has 0 spiro atoms. The number of nitrogens with zero attached hydrogens (tertiary/aromatic N) is 1. The van der Waals surface area contributed by atoms with Crippen molar-refractivity contribution in [3.63, 3.8) is 0 Å². The molecule has 0 amide bonds. The number of piperidine rings is 1. The topological polar surface area (TPSA) is 48.1 Å². The minimum absolute atomic E-state index is 0.0207. The van der Waals surface area contributed by atoms with Crippen molar-refractivity contribution in [1.82, 2.24) is 15.4 Å². The molecule has 1 saturated heterocycles. The number of aryl methyl sites for hydroxylation is 1. The third kappa shape index (κ3) is 2.49. The van der Waals surface area contributed by atoms with Crippen LogP contribution in [0.1, 0.15) is 49.4 Å². The number of hydrazine groups is 1. The first-order valence-electron chi connectivity index (χ1n) is 7.06. The zero-order valence-corrected chi connectivity index (χ0v) is 10.7. The van der Waals surface area contributed by atoms with Gasteiger partial charge in [0.15, 0.2) is 0 Å². The Hall–Kier alpha value is -1.13. The third-order valence-corrected chi connectivity index (χ3v) is 4.03. The van der Waals surface area contributed by atoms with E-state index in [1.807, 2.05) is 6.07 Å². The smallest absolute Gasteiger partial charge is 0.248 e. The Bertz CT molecular complexity index is 462. The van der Waals surface area contributed by atoms with Crippen molar-refractivity contribution in [2.24, 2.45) is 0 Å². The second kappa shape index (κ2) is 5.24. The maximum absolute atomic E-state index is 11.4. The van der Waals surface area contributed by atoms with Gasteiger partial charge < -0.3 is 4.98 Å². The number of fused-ring (bicyclic) bond motifs is 1. The van der Waals surface area contributed by atoms with Crippen LogP contribution in [0.15, 0.2) is 16.9 Å². The van der Waals surface area contributed by atoms with E-state index in [-0.39, 0.29) is 5.56 Å². The molecule has 2 aliphatic rings. The van der Waals surface area contributed by atoms with Crippen LogP contribution in [-0.4, -0.2) is 23.1 Å². The molecule has 1 atom stereocenters. The molecule has 2 N–H and O–H groups in total. The standard InChI is InChI=1S/C14H21N3O/c18-14-8-7-11-12(15-14)5-4-6-13(11)16-17-9-2-1-3-10-17/h7-8,13,16H,1-6,9-10H2,(H,15,18). The Morgan fingerprint density at radius 1 is 1.17 bits per heavy atom. The lowest BCUT2D eigenvalue weighted by molar-refractivity contribution is 0.122. The second-order valence-electron chi connectivity index (χ2n) is 5.38. The van der Waals surface area contributed by atoms with Crippen LogP contribution in [0.5, 0.6) is 0 Å². The van der Waals surface area contributed by atoms with Gasteiger partial charge in [-0.05, 0) is 37.7 Å². The van der Waals surface area contributed by atoms with Gasteiger partial charge in [0.05, 0.1) is 0 Å². The first-order valence-corrected chi connectivity index (χ1v) is 7.06. The molecule has 0 radical (unpaired) electrons. The van der Waals surface area contributed by atoms with Gasteiger partial charge in [-0.15, -0.1) is 0 Å². The number of hydrogen-bond acceptors (Lipinski definition) is 3. The van der Waals surface area contributed by atoms with E-state index in [4.69, 9.17) is 0 Å². The van der Waals surface area contributed by atoms with E-state index < -0.39 is 0 Å². The van der Waals surface area contributed by atoms with Crippen LogP contribution in [0.25, 0.3) is 0 Å². The molecule has 0 bridgehead atoms. The minimum Gasteiger partial charge on any atom is -0.326 e. The average Bonchev–Trinajstić information content (AvgIpc) is 2.40. The SMILES string of the molecule is O=c1ccc2c([nH]1)CCCC2NN1CCCCC1. The zero-order chi connectivity index (χ0) is 12.4. The van der Waals surface area contributed by atoms with Gasteiger partial charge in [-0.2, -0.15) is 0 Å². The van der Waals surface area contributed by atoms with E-state index in [2.05, 4.69) is 15.4 Å². The first kappa shape index (κ1) is 11.9. The van der Waals surface area contributed by atoms with Gasteiger partial charge in [-0.25, -0.2) is 10.4 Å². The summed E-state index contributed by atoms with van der Waals surface area (Å²) in [5, 5.41) is 2.36. The Kier molecular flexibility index (Phi) is 3.48. The lowest BCUT2D eigenvalue weighted by atomic mass is 9.92. The number of pyridine rings is 1. The van der Waals surface area contributed by atoms with Crippen LogP contribution in [0.4, 0.5) is 0 Å². The first-order chi connectivity index (χ1) is 8.83. The van der Waals surface area contributed by atoms with Crippen LogP contribution in [0.2, 0.25) is 0 Å². The molecule has 1 unspecified atom stereocenters. The summed E-state index contributed by atoms with van der Waals surface area (Å²) in [6.07, 6.45) is 7.25. The summed E-state index contributed by atoms with van der Waals surface area (Å²) in [5.74, 6) is 0. The largest absolute Gasteiger partial charge is 0.326 e. The van der Waals surface area contributed by atoms with Crippen molar-refractivity contribution in [3.8, 4) is 0 Å². The molecule has 1 aromatic rings. The Labute approximate surface area is 107 Å². The molecular weight excluding hydrogens is 226 g/mol. The maximum atomic E-state index is 11.4. The summed E-state index contributed by atoms with van der Waals surface area (Å²) >= 11 is 0. The summed E-state index contributed by atoms with van der Waals surface area (Å²) in [6, 6.07) is 4.02. The van der Waals surface area contributed by atoms with Gasteiger partial charge in [0.2, 0.25) is 5.56 Å². The van der Waals surface area contributed by atoms with Crippen molar-refractivity contribution in [2.75, 3.05) is 13.1 Å². The van der Waals surface area contributed by atoms with Gasteiger partial charge in [0.25, 0.3) is 0 Å². The number of aromatic amines is 1. The van der Waals surface area contributed by atoms with Gasteiger partial charge in [-0.3, -0.25) is 4.79 Å². The van der Waals surface area contributed by atoms with Crippen LogP contribution in [0, 0.1) is 0 Å². The molecule has 4 heteroatoms. The van der Waals surface area contributed by atoms with Crippen LogP contribution < -0.4 is 11.0 Å². The molecule has 1 aliphatic heterocycles. The summed E-state index contributed by atoms with van der Waals surface area (Å²) in [5.41, 5.74) is 6.08. The predicted molar refractivity (Wildman–Crippen MR) is 71.3 cm³/mol. The molecule has 1 aromatic heterocycles. The van der Waals surface area contributed by atoms with Gasteiger partial charge >= 0.3 is 0 Å².